The van der Waals surface area contributed by atoms with Crippen molar-refractivity contribution in [3.63, 3.8) is 0 Å². The third-order valence-electron chi connectivity index (χ3n) is 2.04. The van der Waals surface area contributed by atoms with Crippen molar-refractivity contribution in [3.05, 3.63) is 0 Å². The molecule has 1 aliphatic rings. The van der Waals surface area contributed by atoms with Gasteiger partial charge in [0.1, 0.15) is 0 Å². The first-order chi connectivity index (χ1) is 6.18. The van der Waals surface area contributed by atoms with Crippen LogP contribution in [0.2, 0.25) is 0 Å². The number of alkyl halides is 5. The SMILES string of the molecule is CN(C(=O)C(F)(F)C(F)(F)F)C1CC1. The van der Waals surface area contributed by atoms with E-state index in [2.05, 4.69) is 0 Å². The molecule has 0 heterocycles. The molecule has 1 amide bonds. The highest BCUT2D eigenvalue weighted by Crippen LogP contribution is 2.38. The predicted octanol–water partition coefficient (Wildman–Crippen LogP) is 1.80. The number of carbonyl (C=O) groups excluding carboxylic acids is 1. The molecule has 0 aromatic rings. The zero-order chi connectivity index (χ0) is 11.1. The Kier molecular flexibility index (Phi) is 2.45. The van der Waals surface area contributed by atoms with Gasteiger partial charge < -0.3 is 4.90 Å². The maximum absolute atomic E-state index is 12.4. The van der Waals surface area contributed by atoms with E-state index in [0.717, 1.165) is 7.05 Å². The quantitative estimate of drug-likeness (QED) is 0.646. The number of hydrogen-bond acceptors (Lipinski definition) is 1. The molecule has 7 heteroatoms. The summed E-state index contributed by atoms with van der Waals surface area (Å²) in [6.45, 7) is 0. The molecule has 1 rings (SSSR count). The summed E-state index contributed by atoms with van der Waals surface area (Å²) >= 11 is 0. The first-order valence-electron chi connectivity index (χ1n) is 3.89. The third kappa shape index (κ3) is 1.80. The zero-order valence-electron chi connectivity index (χ0n) is 7.24. The van der Waals surface area contributed by atoms with Crippen molar-refractivity contribution in [2.45, 2.75) is 31.0 Å². The van der Waals surface area contributed by atoms with Crippen molar-refractivity contribution >= 4 is 5.91 Å². The number of halogens is 5. The van der Waals surface area contributed by atoms with Crippen molar-refractivity contribution in [1.82, 2.24) is 4.90 Å². The van der Waals surface area contributed by atoms with E-state index in [-0.39, 0.29) is 0 Å². The summed E-state index contributed by atoms with van der Waals surface area (Å²) in [5, 5.41) is 0. The molecule has 0 aliphatic heterocycles. The van der Waals surface area contributed by atoms with Gasteiger partial charge in [0.2, 0.25) is 0 Å². The van der Waals surface area contributed by atoms with E-state index in [0.29, 0.717) is 17.7 Å². The summed E-state index contributed by atoms with van der Waals surface area (Å²) in [5.41, 5.74) is 0. The minimum absolute atomic E-state index is 0.462. The lowest BCUT2D eigenvalue weighted by Crippen LogP contribution is -2.51. The largest absolute Gasteiger partial charge is 0.463 e. The number of rotatable bonds is 2. The van der Waals surface area contributed by atoms with Gasteiger partial charge in [-0.1, -0.05) is 0 Å². The van der Waals surface area contributed by atoms with Crippen molar-refractivity contribution in [1.29, 1.82) is 0 Å². The Hall–Kier alpha value is -0.880. The first-order valence-corrected chi connectivity index (χ1v) is 3.89. The van der Waals surface area contributed by atoms with Gasteiger partial charge in [-0.2, -0.15) is 22.0 Å². The number of hydrogen-bond donors (Lipinski definition) is 0. The Bertz CT molecular complexity index is 245. The van der Waals surface area contributed by atoms with E-state index in [4.69, 9.17) is 0 Å². The first kappa shape index (κ1) is 11.2. The van der Waals surface area contributed by atoms with Gasteiger partial charge in [0.15, 0.2) is 0 Å². The smallest absolute Gasteiger partial charge is 0.337 e. The molecule has 82 valence electrons. The van der Waals surface area contributed by atoms with Crippen LogP contribution < -0.4 is 0 Å². The molecule has 1 aliphatic carbocycles. The highest BCUT2D eigenvalue weighted by Gasteiger charge is 2.65. The minimum atomic E-state index is -5.81. The Labute approximate surface area is 76.7 Å². The van der Waals surface area contributed by atoms with Crippen LogP contribution in [0.25, 0.3) is 0 Å². The van der Waals surface area contributed by atoms with Crippen LogP contribution in [-0.4, -0.2) is 36.0 Å². The molecule has 0 N–H and O–H groups in total. The van der Waals surface area contributed by atoms with Crippen LogP contribution in [0.5, 0.6) is 0 Å². The van der Waals surface area contributed by atoms with Crippen molar-refractivity contribution < 1.29 is 26.7 Å². The number of amides is 1. The van der Waals surface area contributed by atoms with Crippen LogP contribution in [0.3, 0.4) is 0 Å². The molecular formula is C7H8F5NO. The number of nitrogens with zero attached hydrogens (tertiary/aromatic N) is 1. The molecule has 1 fully saturated rings. The van der Waals surface area contributed by atoms with E-state index in [1.54, 1.807) is 0 Å². The van der Waals surface area contributed by atoms with Crippen LogP contribution >= 0.6 is 0 Å². The lowest BCUT2D eigenvalue weighted by atomic mass is 10.3. The molecule has 0 radical (unpaired) electrons. The summed E-state index contributed by atoms with van der Waals surface area (Å²) in [6, 6.07) is -0.462. The average molecular weight is 217 g/mol. The summed E-state index contributed by atoms with van der Waals surface area (Å²) < 4.78 is 60.1. The summed E-state index contributed by atoms with van der Waals surface area (Å²) in [7, 11) is 0.958. The lowest BCUT2D eigenvalue weighted by molar-refractivity contribution is -0.274. The summed E-state index contributed by atoms with van der Waals surface area (Å²) in [4.78, 5) is 11.2. The van der Waals surface area contributed by atoms with Crippen LogP contribution in [0, 0.1) is 0 Å². The van der Waals surface area contributed by atoms with Gasteiger partial charge in [-0.15, -0.1) is 0 Å². The van der Waals surface area contributed by atoms with E-state index in [1.165, 1.54) is 0 Å². The fraction of sp³-hybridized carbons (Fsp3) is 0.857. The molecule has 0 atom stereocenters. The maximum atomic E-state index is 12.4. The van der Waals surface area contributed by atoms with Gasteiger partial charge in [0.25, 0.3) is 0 Å². The Morgan fingerprint density at radius 3 is 1.93 bits per heavy atom. The monoisotopic (exact) mass is 217 g/mol. The maximum Gasteiger partial charge on any atom is 0.463 e. The van der Waals surface area contributed by atoms with Gasteiger partial charge in [-0.25, -0.2) is 0 Å². The van der Waals surface area contributed by atoms with E-state index >= 15 is 0 Å². The van der Waals surface area contributed by atoms with Gasteiger partial charge in [0, 0.05) is 13.1 Å². The topological polar surface area (TPSA) is 20.3 Å². The third-order valence-corrected chi connectivity index (χ3v) is 2.04. The second-order valence-corrected chi connectivity index (χ2v) is 3.22. The zero-order valence-corrected chi connectivity index (χ0v) is 7.24. The van der Waals surface area contributed by atoms with Crippen LogP contribution in [0.1, 0.15) is 12.8 Å². The molecule has 0 aromatic heterocycles. The van der Waals surface area contributed by atoms with Gasteiger partial charge in [-0.3, -0.25) is 4.79 Å². The van der Waals surface area contributed by atoms with Crippen LogP contribution in [0.15, 0.2) is 0 Å². The lowest BCUT2D eigenvalue weighted by Gasteiger charge is -2.24. The number of carbonyl (C=O) groups is 1. The van der Waals surface area contributed by atoms with E-state index in [1.807, 2.05) is 0 Å². The van der Waals surface area contributed by atoms with Gasteiger partial charge in [-0.05, 0) is 12.8 Å². The van der Waals surface area contributed by atoms with Gasteiger partial charge in [0.05, 0.1) is 0 Å². The normalized spacial score (nSPS) is 18.1. The van der Waals surface area contributed by atoms with Crippen molar-refractivity contribution in [2.75, 3.05) is 7.05 Å². The standard InChI is InChI=1S/C7H8F5NO/c1-13(4-2-3-4)5(14)6(8,9)7(10,11)12/h4H,2-3H2,1H3. The summed E-state index contributed by atoms with van der Waals surface area (Å²) in [5.74, 6) is -7.45. The Morgan fingerprint density at radius 1 is 1.21 bits per heavy atom. The fourth-order valence-electron chi connectivity index (χ4n) is 0.970. The summed E-state index contributed by atoms with van der Waals surface area (Å²) in [6.07, 6.45) is -4.85. The Balaban J connectivity index is 2.76. The molecule has 0 aromatic carbocycles. The second kappa shape index (κ2) is 3.06. The molecule has 2 nitrogen and oxygen atoms in total. The fourth-order valence-corrected chi connectivity index (χ4v) is 0.970. The van der Waals surface area contributed by atoms with Crippen molar-refractivity contribution in [3.8, 4) is 0 Å². The van der Waals surface area contributed by atoms with Crippen LogP contribution in [-0.2, 0) is 4.79 Å². The van der Waals surface area contributed by atoms with Gasteiger partial charge >= 0.3 is 18.0 Å². The highest BCUT2D eigenvalue weighted by atomic mass is 19.4. The molecule has 0 saturated heterocycles. The molecular weight excluding hydrogens is 209 g/mol. The molecule has 0 spiro atoms. The molecule has 14 heavy (non-hydrogen) atoms. The molecule has 0 unspecified atom stereocenters. The molecule has 1 saturated carbocycles. The Morgan fingerprint density at radius 2 is 1.64 bits per heavy atom. The predicted molar refractivity (Wildman–Crippen MR) is 36.8 cm³/mol. The van der Waals surface area contributed by atoms with Crippen molar-refractivity contribution in [2.24, 2.45) is 0 Å². The van der Waals surface area contributed by atoms with E-state index in [9.17, 15) is 26.7 Å². The van der Waals surface area contributed by atoms with Crippen LogP contribution in [0.4, 0.5) is 22.0 Å². The van der Waals surface area contributed by atoms with E-state index < -0.39 is 24.0 Å². The minimum Gasteiger partial charge on any atom is -0.337 e. The second-order valence-electron chi connectivity index (χ2n) is 3.22. The molecule has 0 bridgehead atoms. The highest BCUT2D eigenvalue weighted by molar-refractivity contribution is 5.84. The average Bonchev–Trinajstić information content (AvgIpc) is 2.81.